The van der Waals surface area contributed by atoms with Crippen LogP contribution in [0.2, 0.25) is 0 Å². The molecule has 7 nitrogen and oxygen atoms in total. The van der Waals surface area contributed by atoms with E-state index in [0.29, 0.717) is 17.9 Å². The molecule has 0 aliphatic carbocycles. The second kappa shape index (κ2) is 6.27. The van der Waals surface area contributed by atoms with Crippen molar-refractivity contribution in [2.45, 2.75) is 30.3 Å². The van der Waals surface area contributed by atoms with Gasteiger partial charge in [0, 0.05) is 23.2 Å². The van der Waals surface area contributed by atoms with Gasteiger partial charge in [0.05, 0.1) is 30.2 Å². The maximum atomic E-state index is 12.9. The first-order valence-corrected chi connectivity index (χ1v) is 8.91. The molecule has 1 N–H and O–H groups in total. The number of amides is 2. The van der Waals surface area contributed by atoms with E-state index >= 15 is 0 Å². The van der Waals surface area contributed by atoms with E-state index in [4.69, 9.17) is 0 Å². The number of aromatic nitrogens is 3. The third-order valence-electron chi connectivity index (χ3n) is 4.37. The number of nitrogens with zero attached hydrogens (tertiary/aromatic N) is 4. The second-order valence-electron chi connectivity index (χ2n) is 5.97. The molecule has 0 spiro atoms. The van der Waals surface area contributed by atoms with Gasteiger partial charge in [-0.25, -0.2) is 0 Å². The van der Waals surface area contributed by atoms with E-state index in [1.165, 1.54) is 11.8 Å². The number of thioether (sulfide) groups is 1. The zero-order chi connectivity index (χ0) is 16.5. The van der Waals surface area contributed by atoms with Crippen LogP contribution in [-0.4, -0.2) is 50.0 Å². The third kappa shape index (κ3) is 2.89. The Bertz CT molecular complexity index is 777. The minimum Gasteiger partial charge on any atom is -0.334 e. The molecule has 2 amide bonds. The number of benzene rings is 1. The van der Waals surface area contributed by atoms with Crippen LogP contribution in [0, 0.1) is 0 Å². The number of hydrogen-bond acceptors (Lipinski definition) is 5. The van der Waals surface area contributed by atoms with E-state index in [2.05, 4.69) is 15.6 Å². The molecular formula is C16H17N5O2S. The van der Waals surface area contributed by atoms with Crippen LogP contribution in [0.1, 0.15) is 23.2 Å². The topological polar surface area (TPSA) is 80.1 Å². The van der Waals surface area contributed by atoms with Gasteiger partial charge in [-0.15, -0.1) is 16.9 Å². The molecule has 1 atom stereocenters. The predicted molar refractivity (Wildman–Crippen MR) is 89.9 cm³/mol. The van der Waals surface area contributed by atoms with Gasteiger partial charge in [-0.05, 0) is 31.0 Å². The second-order valence-corrected chi connectivity index (χ2v) is 6.98. The van der Waals surface area contributed by atoms with E-state index in [1.54, 1.807) is 16.9 Å². The molecule has 124 valence electrons. The normalized spacial score (nSPS) is 19.9. The van der Waals surface area contributed by atoms with Crippen molar-refractivity contribution in [3.63, 3.8) is 0 Å². The maximum absolute atomic E-state index is 12.9. The summed E-state index contributed by atoms with van der Waals surface area (Å²) < 4.78 is 1.76. The van der Waals surface area contributed by atoms with E-state index < -0.39 is 0 Å². The zero-order valence-electron chi connectivity index (χ0n) is 13.0. The van der Waals surface area contributed by atoms with Crippen LogP contribution in [0.15, 0.2) is 35.5 Å². The van der Waals surface area contributed by atoms with E-state index in [1.807, 2.05) is 23.2 Å². The zero-order valence-corrected chi connectivity index (χ0v) is 13.8. The van der Waals surface area contributed by atoms with Gasteiger partial charge in [-0.1, -0.05) is 5.21 Å². The van der Waals surface area contributed by atoms with Crippen molar-refractivity contribution in [3.05, 3.63) is 36.2 Å². The SMILES string of the molecule is O=C1CSc2ccc(C(=O)N3CCC[C@H]3Cn3ccnn3)cc2N1. The quantitative estimate of drug-likeness (QED) is 0.916. The summed E-state index contributed by atoms with van der Waals surface area (Å²) in [7, 11) is 0. The fourth-order valence-electron chi connectivity index (χ4n) is 3.22. The predicted octanol–water partition coefficient (Wildman–Crippen LogP) is 1.63. The number of carbonyl (C=O) groups is 2. The van der Waals surface area contributed by atoms with Crippen LogP contribution in [0.25, 0.3) is 0 Å². The molecule has 0 bridgehead atoms. The first-order chi connectivity index (χ1) is 11.7. The van der Waals surface area contributed by atoms with Gasteiger partial charge >= 0.3 is 0 Å². The number of hydrogen-bond donors (Lipinski definition) is 1. The number of likely N-dealkylation sites (tertiary alicyclic amines) is 1. The molecule has 24 heavy (non-hydrogen) atoms. The average molecular weight is 343 g/mol. The molecule has 0 radical (unpaired) electrons. The molecule has 0 saturated carbocycles. The van der Waals surface area contributed by atoms with Crippen molar-refractivity contribution < 1.29 is 9.59 Å². The molecule has 1 fully saturated rings. The van der Waals surface area contributed by atoms with E-state index in [9.17, 15) is 9.59 Å². The van der Waals surface area contributed by atoms with Crippen molar-refractivity contribution in [2.24, 2.45) is 0 Å². The molecule has 1 saturated heterocycles. The molecule has 4 rings (SSSR count). The van der Waals surface area contributed by atoms with Crippen LogP contribution >= 0.6 is 11.8 Å². The number of fused-ring (bicyclic) bond motifs is 1. The fourth-order valence-corrected chi connectivity index (χ4v) is 4.01. The summed E-state index contributed by atoms with van der Waals surface area (Å²) >= 11 is 1.50. The highest BCUT2D eigenvalue weighted by atomic mass is 32.2. The van der Waals surface area contributed by atoms with Crippen LogP contribution in [0.4, 0.5) is 5.69 Å². The summed E-state index contributed by atoms with van der Waals surface area (Å²) in [5.74, 6) is 0.402. The highest BCUT2D eigenvalue weighted by Crippen LogP contribution is 2.33. The van der Waals surface area contributed by atoms with Gasteiger partial charge in [0.25, 0.3) is 5.91 Å². The highest BCUT2D eigenvalue weighted by molar-refractivity contribution is 8.00. The number of carbonyl (C=O) groups excluding carboxylic acids is 2. The molecule has 3 heterocycles. The Kier molecular flexibility index (Phi) is 3.97. The number of anilines is 1. The first kappa shape index (κ1) is 15.2. The molecule has 8 heteroatoms. The van der Waals surface area contributed by atoms with Gasteiger partial charge in [0.1, 0.15) is 0 Å². The summed E-state index contributed by atoms with van der Waals surface area (Å²) in [6, 6.07) is 5.66. The molecule has 2 aliphatic rings. The lowest BCUT2D eigenvalue weighted by atomic mass is 10.1. The van der Waals surface area contributed by atoms with Crippen molar-refractivity contribution in [1.29, 1.82) is 0 Å². The van der Waals surface area contributed by atoms with Crippen LogP contribution in [0.5, 0.6) is 0 Å². The fraction of sp³-hybridized carbons (Fsp3) is 0.375. The molecule has 0 unspecified atom stereocenters. The monoisotopic (exact) mass is 343 g/mol. The van der Waals surface area contributed by atoms with E-state index in [0.717, 1.165) is 30.0 Å². The lowest BCUT2D eigenvalue weighted by molar-refractivity contribution is -0.113. The molecule has 1 aromatic heterocycles. The Morgan fingerprint density at radius 1 is 1.42 bits per heavy atom. The van der Waals surface area contributed by atoms with Crippen molar-refractivity contribution >= 4 is 29.3 Å². The Hall–Kier alpha value is -2.35. The van der Waals surface area contributed by atoms with E-state index in [-0.39, 0.29) is 17.9 Å². The van der Waals surface area contributed by atoms with Crippen LogP contribution in [-0.2, 0) is 11.3 Å². The standard InChI is InChI=1S/C16H17N5O2S/c22-15-10-24-14-4-3-11(8-13(14)18-15)16(23)21-6-1-2-12(21)9-20-7-5-17-19-20/h3-5,7-8,12H,1-2,6,9-10H2,(H,18,22)/t12-/m0/s1. The van der Waals surface area contributed by atoms with Gasteiger partial charge in [-0.3, -0.25) is 14.3 Å². The Balaban J connectivity index is 1.54. The third-order valence-corrected chi connectivity index (χ3v) is 5.44. The lowest BCUT2D eigenvalue weighted by Gasteiger charge is -2.25. The summed E-state index contributed by atoms with van der Waals surface area (Å²) in [6.07, 6.45) is 5.41. The molecule has 2 aromatic rings. The van der Waals surface area contributed by atoms with Crippen molar-refractivity contribution in [2.75, 3.05) is 17.6 Å². The maximum Gasteiger partial charge on any atom is 0.254 e. The van der Waals surface area contributed by atoms with Gasteiger partial charge in [-0.2, -0.15) is 0 Å². The lowest BCUT2D eigenvalue weighted by Crippen LogP contribution is -2.38. The van der Waals surface area contributed by atoms with Crippen molar-refractivity contribution in [3.8, 4) is 0 Å². The highest BCUT2D eigenvalue weighted by Gasteiger charge is 2.30. The Labute approximate surface area is 143 Å². The van der Waals surface area contributed by atoms with Crippen LogP contribution < -0.4 is 5.32 Å². The molecular weight excluding hydrogens is 326 g/mol. The number of nitrogens with one attached hydrogen (secondary N) is 1. The average Bonchev–Trinajstić information content (AvgIpc) is 3.26. The summed E-state index contributed by atoms with van der Waals surface area (Å²) in [5, 5.41) is 10.6. The van der Waals surface area contributed by atoms with Gasteiger partial charge in [0.15, 0.2) is 0 Å². The summed E-state index contributed by atoms with van der Waals surface area (Å²) in [4.78, 5) is 27.4. The largest absolute Gasteiger partial charge is 0.334 e. The van der Waals surface area contributed by atoms with Gasteiger partial charge in [0.2, 0.25) is 5.91 Å². The molecule has 1 aromatic carbocycles. The Morgan fingerprint density at radius 3 is 3.17 bits per heavy atom. The van der Waals surface area contributed by atoms with Crippen molar-refractivity contribution in [1.82, 2.24) is 19.9 Å². The minimum absolute atomic E-state index is 0.00485. The Morgan fingerprint density at radius 2 is 2.33 bits per heavy atom. The summed E-state index contributed by atoms with van der Waals surface area (Å²) in [6.45, 7) is 1.40. The summed E-state index contributed by atoms with van der Waals surface area (Å²) in [5.41, 5.74) is 1.34. The smallest absolute Gasteiger partial charge is 0.254 e. The first-order valence-electron chi connectivity index (χ1n) is 7.92. The van der Waals surface area contributed by atoms with Crippen LogP contribution in [0.3, 0.4) is 0 Å². The number of rotatable bonds is 3. The van der Waals surface area contributed by atoms with Gasteiger partial charge < -0.3 is 10.2 Å². The molecule has 2 aliphatic heterocycles. The minimum atomic E-state index is -0.0256.